The number of anilines is 1. The van der Waals surface area contributed by atoms with Crippen molar-refractivity contribution in [2.45, 2.75) is 23.9 Å². The Hall–Kier alpha value is -3.01. The monoisotopic (exact) mass is 456 g/mol. The van der Waals surface area contributed by atoms with Gasteiger partial charge >= 0.3 is 0 Å². The Labute approximate surface area is 184 Å². The van der Waals surface area contributed by atoms with Crippen LogP contribution in [0.2, 0.25) is 0 Å². The summed E-state index contributed by atoms with van der Waals surface area (Å²) in [5.74, 6) is -0.420. The summed E-state index contributed by atoms with van der Waals surface area (Å²) in [5, 5.41) is 1.84. The van der Waals surface area contributed by atoms with Crippen molar-refractivity contribution < 1.29 is 22.7 Å². The highest BCUT2D eigenvalue weighted by molar-refractivity contribution is 7.89. The van der Waals surface area contributed by atoms with Gasteiger partial charge in [0.15, 0.2) is 0 Å². The van der Waals surface area contributed by atoms with Crippen LogP contribution in [-0.4, -0.2) is 37.7 Å². The smallest absolute Gasteiger partial charge is 0.252 e. The van der Waals surface area contributed by atoms with E-state index in [1.807, 2.05) is 11.4 Å². The minimum absolute atomic E-state index is 0.00896. The van der Waals surface area contributed by atoms with Gasteiger partial charge in [-0.1, -0.05) is 24.3 Å². The average Bonchev–Trinajstić information content (AvgIpc) is 3.40. The summed E-state index contributed by atoms with van der Waals surface area (Å²) in [7, 11) is -2.49. The fourth-order valence-electron chi connectivity index (χ4n) is 3.49. The van der Waals surface area contributed by atoms with E-state index in [0.29, 0.717) is 11.4 Å². The Morgan fingerprint density at radius 2 is 1.74 bits per heavy atom. The SMILES string of the molecule is COc1ccc(N2C(=O)CC(N(Cc3cccs3)S(=O)(=O)c3ccccc3)C2=O)cc1. The van der Waals surface area contributed by atoms with E-state index in [1.165, 1.54) is 30.6 Å². The molecule has 0 N–H and O–H groups in total. The molecule has 0 spiro atoms. The first kappa shape index (κ1) is 21.2. The van der Waals surface area contributed by atoms with Gasteiger partial charge in [-0.25, -0.2) is 13.3 Å². The van der Waals surface area contributed by atoms with Crippen molar-refractivity contribution in [1.82, 2.24) is 4.31 Å². The van der Waals surface area contributed by atoms with Gasteiger partial charge in [0.25, 0.3) is 5.91 Å². The second-order valence-electron chi connectivity index (χ2n) is 6.93. The fraction of sp³-hybridized carbons (Fsp3) is 0.182. The van der Waals surface area contributed by atoms with Gasteiger partial charge in [0.05, 0.1) is 24.1 Å². The maximum Gasteiger partial charge on any atom is 0.252 e. The third-order valence-electron chi connectivity index (χ3n) is 5.04. The first-order valence-corrected chi connectivity index (χ1v) is 11.8. The molecule has 1 fully saturated rings. The molecule has 0 bridgehead atoms. The van der Waals surface area contributed by atoms with Crippen LogP contribution < -0.4 is 9.64 Å². The van der Waals surface area contributed by atoms with Crippen molar-refractivity contribution in [1.29, 1.82) is 0 Å². The van der Waals surface area contributed by atoms with Crippen LogP contribution in [0.5, 0.6) is 5.75 Å². The van der Waals surface area contributed by atoms with E-state index in [-0.39, 0.29) is 17.9 Å². The van der Waals surface area contributed by atoms with Crippen molar-refractivity contribution in [3.05, 3.63) is 77.0 Å². The lowest BCUT2D eigenvalue weighted by Gasteiger charge is -2.26. The molecule has 2 amide bonds. The first-order chi connectivity index (χ1) is 14.9. The number of sulfonamides is 1. The highest BCUT2D eigenvalue weighted by atomic mass is 32.2. The molecular formula is C22H20N2O5S2. The molecule has 3 aromatic rings. The zero-order chi connectivity index (χ0) is 22.0. The quantitative estimate of drug-likeness (QED) is 0.510. The van der Waals surface area contributed by atoms with Crippen LogP contribution in [0.1, 0.15) is 11.3 Å². The molecule has 7 nitrogen and oxygen atoms in total. The highest BCUT2D eigenvalue weighted by Crippen LogP contribution is 2.31. The molecule has 1 aromatic heterocycles. The molecule has 4 rings (SSSR count). The molecule has 1 unspecified atom stereocenters. The number of hydrogen-bond donors (Lipinski definition) is 0. The van der Waals surface area contributed by atoms with E-state index in [2.05, 4.69) is 0 Å². The van der Waals surface area contributed by atoms with Crippen LogP contribution in [0, 0.1) is 0 Å². The summed E-state index contributed by atoms with van der Waals surface area (Å²) >= 11 is 1.39. The van der Waals surface area contributed by atoms with Crippen molar-refractivity contribution in [2.24, 2.45) is 0 Å². The summed E-state index contributed by atoms with van der Waals surface area (Å²) in [6.07, 6.45) is -0.220. The number of amides is 2. The number of ether oxygens (including phenoxy) is 1. The van der Waals surface area contributed by atoms with E-state index >= 15 is 0 Å². The van der Waals surface area contributed by atoms with Crippen LogP contribution in [0.25, 0.3) is 0 Å². The molecule has 0 aliphatic carbocycles. The van der Waals surface area contributed by atoms with E-state index in [9.17, 15) is 18.0 Å². The number of carbonyl (C=O) groups is 2. The predicted molar refractivity (Wildman–Crippen MR) is 117 cm³/mol. The molecule has 1 atom stereocenters. The standard InChI is InChI=1S/C22H20N2O5S2/c1-29-17-11-9-16(10-12-17)24-21(25)14-20(22(24)26)23(15-18-6-5-13-30-18)31(27,28)19-7-3-2-4-8-19/h2-13,20H,14-15H2,1H3. The Kier molecular flexibility index (Phi) is 5.90. The molecule has 9 heteroatoms. The predicted octanol–water partition coefficient (Wildman–Crippen LogP) is 3.28. The summed E-state index contributed by atoms with van der Waals surface area (Å²) in [6.45, 7) is 0.00896. The highest BCUT2D eigenvalue weighted by Gasteiger charge is 2.47. The molecule has 1 aliphatic heterocycles. The second kappa shape index (κ2) is 8.62. The summed E-state index contributed by atoms with van der Waals surface area (Å²) in [5.41, 5.74) is 0.381. The third kappa shape index (κ3) is 4.12. The minimum Gasteiger partial charge on any atom is -0.497 e. The zero-order valence-electron chi connectivity index (χ0n) is 16.7. The third-order valence-corrected chi connectivity index (χ3v) is 7.77. The molecule has 2 aromatic carbocycles. The lowest BCUT2D eigenvalue weighted by molar-refractivity contribution is -0.122. The van der Waals surface area contributed by atoms with Gasteiger partial charge in [0, 0.05) is 11.4 Å². The largest absolute Gasteiger partial charge is 0.497 e. The number of thiophene rings is 1. The van der Waals surface area contributed by atoms with Crippen LogP contribution in [0.4, 0.5) is 5.69 Å². The molecule has 31 heavy (non-hydrogen) atoms. The number of benzene rings is 2. The van der Waals surface area contributed by atoms with Crippen LogP contribution in [-0.2, 0) is 26.2 Å². The zero-order valence-corrected chi connectivity index (χ0v) is 18.3. The van der Waals surface area contributed by atoms with Gasteiger partial charge in [-0.05, 0) is 47.8 Å². The number of nitrogens with zero attached hydrogens (tertiary/aromatic N) is 2. The molecule has 1 aliphatic rings. The van der Waals surface area contributed by atoms with Gasteiger partial charge in [0.1, 0.15) is 11.8 Å². The topological polar surface area (TPSA) is 84.0 Å². The van der Waals surface area contributed by atoms with Crippen LogP contribution >= 0.6 is 11.3 Å². The van der Waals surface area contributed by atoms with Crippen molar-refractivity contribution in [3.63, 3.8) is 0 Å². The summed E-state index contributed by atoms with van der Waals surface area (Å²) in [4.78, 5) is 28.0. The lowest BCUT2D eigenvalue weighted by Crippen LogP contribution is -2.44. The van der Waals surface area contributed by atoms with Gasteiger partial charge < -0.3 is 4.74 Å². The Bertz CT molecular complexity index is 1180. The molecule has 160 valence electrons. The Morgan fingerprint density at radius 3 is 2.35 bits per heavy atom. The van der Waals surface area contributed by atoms with E-state index in [0.717, 1.165) is 14.1 Å². The molecule has 2 heterocycles. The van der Waals surface area contributed by atoms with Gasteiger partial charge in [-0.2, -0.15) is 4.31 Å². The lowest BCUT2D eigenvalue weighted by atomic mass is 10.2. The van der Waals surface area contributed by atoms with Gasteiger partial charge in [-0.3, -0.25) is 9.59 Å². The fourth-order valence-corrected chi connectivity index (χ4v) is 5.86. The van der Waals surface area contributed by atoms with Gasteiger partial charge in [0.2, 0.25) is 15.9 Å². The minimum atomic E-state index is -4.01. The molecular weight excluding hydrogens is 436 g/mol. The van der Waals surface area contributed by atoms with Crippen LogP contribution in [0.15, 0.2) is 77.0 Å². The summed E-state index contributed by atoms with van der Waals surface area (Å²) < 4.78 is 33.2. The maximum atomic E-state index is 13.5. The van der Waals surface area contributed by atoms with Gasteiger partial charge in [-0.15, -0.1) is 11.3 Å². The average molecular weight is 457 g/mol. The van der Waals surface area contributed by atoms with E-state index < -0.39 is 27.9 Å². The molecule has 0 saturated carbocycles. The second-order valence-corrected chi connectivity index (χ2v) is 9.85. The van der Waals surface area contributed by atoms with Crippen molar-refractivity contribution in [3.8, 4) is 5.75 Å². The summed E-state index contributed by atoms with van der Waals surface area (Å²) in [6, 6.07) is 16.9. The number of hydrogen-bond acceptors (Lipinski definition) is 6. The van der Waals surface area contributed by atoms with Crippen molar-refractivity contribution in [2.75, 3.05) is 12.0 Å². The normalized spacial score (nSPS) is 16.8. The Morgan fingerprint density at radius 1 is 1.03 bits per heavy atom. The number of imide groups is 1. The number of carbonyl (C=O) groups excluding carboxylic acids is 2. The number of methoxy groups -OCH3 is 1. The van der Waals surface area contributed by atoms with E-state index in [4.69, 9.17) is 4.74 Å². The maximum absolute atomic E-state index is 13.5. The van der Waals surface area contributed by atoms with Crippen molar-refractivity contribution >= 4 is 38.9 Å². The van der Waals surface area contributed by atoms with E-state index in [1.54, 1.807) is 48.5 Å². The molecule has 1 saturated heterocycles. The number of rotatable bonds is 7. The van der Waals surface area contributed by atoms with Crippen LogP contribution in [0.3, 0.4) is 0 Å². The molecule has 0 radical (unpaired) electrons. The Balaban J connectivity index is 1.71. The first-order valence-electron chi connectivity index (χ1n) is 9.52.